The molecule has 0 saturated heterocycles. The van der Waals surface area contributed by atoms with E-state index in [9.17, 15) is 4.79 Å². The fourth-order valence-corrected chi connectivity index (χ4v) is 3.22. The van der Waals surface area contributed by atoms with Crippen molar-refractivity contribution in [3.8, 4) is 0 Å². The quantitative estimate of drug-likeness (QED) is 0.873. The highest BCUT2D eigenvalue weighted by atomic mass is 32.1. The van der Waals surface area contributed by atoms with Gasteiger partial charge in [0, 0.05) is 22.7 Å². The van der Waals surface area contributed by atoms with Crippen molar-refractivity contribution in [1.29, 1.82) is 0 Å². The van der Waals surface area contributed by atoms with Gasteiger partial charge in [-0.3, -0.25) is 4.79 Å². The maximum Gasteiger partial charge on any atom is 0.222 e. The molecule has 0 saturated carbocycles. The Bertz CT molecular complexity index is 417. The topological polar surface area (TPSA) is 55.1 Å². The Kier molecular flexibility index (Phi) is 4.30. The van der Waals surface area contributed by atoms with Gasteiger partial charge in [-0.15, -0.1) is 22.7 Å². The van der Waals surface area contributed by atoms with Gasteiger partial charge in [-0.1, -0.05) is 12.1 Å². The molecular weight excluding hydrogens is 252 g/mol. The minimum absolute atomic E-state index is 0.000648. The Labute approximate surface area is 108 Å². The summed E-state index contributed by atoms with van der Waals surface area (Å²) < 4.78 is 0. The molecule has 3 N–H and O–H groups in total. The van der Waals surface area contributed by atoms with Crippen LogP contribution in [-0.2, 0) is 4.79 Å². The number of thiophene rings is 2. The van der Waals surface area contributed by atoms with Crippen LogP contribution in [0.1, 0.15) is 22.2 Å². The molecule has 17 heavy (non-hydrogen) atoms. The van der Waals surface area contributed by atoms with Gasteiger partial charge in [-0.05, 0) is 22.9 Å². The molecule has 5 heteroatoms. The molecule has 0 fully saturated rings. The van der Waals surface area contributed by atoms with Crippen LogP contribution in [0.2, 0.25) is 0 Å². The van der Waals surface area contributed by atoms with E-state index in [1.54, 1.807) is 22.7 Å². The van der Waals surface area contributed by atoms with Crippen LogP contribution in [0, 0.1) is 0 Å². The van der Waals surface area contributed by atoms with Gasteiger partial charge in [0.2, 0.25) is 5.91 Å². The number of carbonyl (C=O) groups is 1. The molecule has 0 aliphatic carbocycles. The van der Waals surface area contributed by atoms with Crippen molar-refractivity contribution >= 4 is 28.6 Å². The van der Waals surface area contributed by atoms with Gasteiger partial charge < -0.3 is 11.1 Å². The standard InChI is InChI=1S/C12H14N2OS2/c13-6-5-11(15)14-12(9-3-1-7-16-9)10-4-2-8-17-10/h1-4,7-8,12H,5-6,13H2,(H,14,15). The first-order valence-corrected chi connectivity index (χ1v) is 7.13. The maximum atomic E-state index is 11.7. The van der Waals surface area contributed by atoms with Gasteiger partial charge in [0.05, 0.1) is 6.04 Å². The fraction of sp³-hybridized carbons (Fsp3) is 0.250. The molecule has 2 aromatic rings. The average molecular weight is 266 g/mol. The molecule has 2 aromatic heterocycles. The van der Waals surface area contributed by atoms with E-state index < -0.39 is 0 Å². The molecule has 90 valence electrons. The van der Waals surface area contributed by atoms with Crippen LogP contribution in [-0.4, -0.2) is 12.5 Å². The van der Waals surface area contributed by atoms with Crippen LogP contribution < -0.4 is 11.1 Å². The number of carbonyl (C=O) groups excluding carboxylic acids is 1. The second kappa shape index (κ2) is 5.95. The number of amides is 1. The second-order valence-corrected chi connectivity index (χ2v) is 5.53. The first-order valence-electron chi connectivity index (χ1n) is 5.37. The Balaban J connectivity index is 2.17. The van der Waals surface area contributed by atoms with Crippen molar-refractivity contribution < 1.29 is 4.79 Å². The molecule has 0 aliphatic rings. The SMILES string of the molecule is NCCC(=O)NC(c1cccs1)c1cccs1. The van der Waals surface area contributed by atoms with E-state index in [2.05, 4.69) is 5.32 Å². The lowest BCUT2D eigenvalue weighted by Gasteiger charge is -2.15. The van der Waals surface area contributed by atoms with Crippen LogP contribution in [0.3, 0.4) is 0 Å². The van der Waals surface area contributed by atoms with Gasteiger partial charge in [0.15, 0.2) is 0 Å². The van der Waals surface area contributed by atoms with Crippen molar-refractivity contribution in [2.45, 2.75) is 12.5 Å². The van der Waals surface area contributed by atoms with Gasteiger partial charge in [-0.2, -0.15) is 0 Å². The number of rotatable bonds is 5. The van der Waals surface area contributed by atoms with E-state index in [4.69, 9.17) is 5.73 Å². The molecular formula is C12H14N2OS2. The molecule has 3 nitrogen and oxygen atoms in total. The largest absolute Gasteiger partial charge is 0.344 e. The normalized spacial score (nSPS) is 10.7. The van der Waals surface area contributed by atoms with Crippen molar-refractivity contribution in [3.05, 3.63) is 44.8 Å². The Morgan fingerprint density at radius 3 is 2.24 bits per heavy atom. The van der Waals surface area contributed by atoms with E-state index in [0.29, 0.717) is 13.0 Å². The molecule has 0 unspecified atom stereocenters. The smallest absolute Gasteiger partial charge is 0.222 e. The monoisotopic (exact) mass is 266 g/mol. The van der Waals surface area contributed by atoms with Crippen molar-refractivity contribution in [2.75, 3.05) is 6.54 Å². The molecule has 2 rings (SSSR count). The summed E-state index contributed by atoms with van der Waals surface area (Å²) in [4.78, 5) is 14.0. The summed E-state index contributed by atoms with van der Waals surface area (Å²) in [6.07, 6.45) is 0.368. The second-order valence-electron chi connectivity index (χ2n) is 3.57. The Hall–Kier alpha value is -1.17. The third-order valence-electron chi connectivity index (χ3n) is 2.33. The van der Waals surface area contributed by atoms with E-state index >= 15 is 0 Å². The summed E-state index contributed by atoms with van der Waals surface area (Å²) in [6.45, 7) is 0.382. The third kappa shape index (κ3) is 3.15. The summed E-state index contributed by atoms with van der Waals surface area (Å²) >= 11 is 3.30. The first kappa shape index (κ1) is 12.3. The Morgan fingerprint density at radius 2 is 1.82 bits per heavy atom. The Morgan fingerprint density at radius 1 is 1.24 bits per heavy atom. The number of nitrogens with two attached hydrogens (primary N) is 1. The lowest BCUT2D eigenvalue weighted by Crippen LogP contribution is -2.29. The summed E-state index contributed by atoms with van der Waals surface area (Å²) in [5.74, 6) is -0.000648. The summed E-state index contributed by atoms with van der Waals surface area (Å²) in [5.41, 5.74) is 5.39. The molecule has 0 bridgehead atoms. The summed E-state index contributed by atoms with van der Waals surface area (Å²) in [5, 5.41) is 7.06. The van der Waals surface area contributed by atoms with Crippen LogP contribution >= 0.6 is 22.7 Å². The third-order valence-corrected chi connectivity index (χ3v) is 4.21. The van der Waals surface area contributed by atoms with Gasteiger partial charge >= 0.3 is 0 Å². The van der Waals surface area contributed by atoms with Crippen molar-refractivity contribution in [2.24, 2.45) is 5.73 Å². The van der Waals surface area contributed by atoms with Crippen LogP contribution in [0.4, 0.5) is 0 Å². The molecule has 2 heterocycles. The minimum Gasteiger partial charge on any atom is -0.344 e. The van der Waals surface area contributed by atoms with Crippen LogP contribution in [0.15, 0.2) is 35.0 Å². The molecule has 0 radical (unpaired) electrons. The zero-order valence-electron chi connectivity index (χ0n) is 9.26. The molecule has 0 aliphatic heterocycles. The van der Waals surface area contributed by atoms with Crippen LogP contribution in [0.5, 0.6) is 0 Å². The average Bonchev–Trinajstić information content (AvgIpc) is 3.00. The lowest BCUT2D eigenvalue weighted by atomic mass is 10.2. The first-order chi connectivity index (χ1) is 8.31. The summed E-state index contributed by atoms with van der Waals surface area (Å²) in [6, 6.07) is 8.04. The lowest BCUT2D eigenvalue weighted by molar-refractivity contribution is -0.121. The van der Waals surface area contributed by atoms with Crippen molar-refractivity contribution in [1.82, 2.24) is 5.32 Å². The number of hydrogen-bond donors (Lipinski definition) is 2. The van der Waals surface area contributed by atoms with Gasteiger partial charge in [0.1, 0.15) is 0 Å². The van der Waals surface area contributed by atoms with Gasteiger partial charge in [0.25, 0.3) is 0 Å². The van der Waals surface area contributed by atoms with E-state index in [0.717, 1.165) is 9.75 Å². The molecule has 0 spiro atoms. The van der Waals surface area contributed by atoms with Crippen LogP contribution in [0.25, 0.3) is 0 Å². The molecule has 1 amide bonds. The predicted octanol–water partition coefficient (Wildman–Crippen LogP) is 2.36. The maximum absolute atomic E-state index is 11.7. The van der Waals surface area contributed by atoms with E-state index in [-0.39, 0.29) is 11.9 Å². The predicted molar refractivity (Wildman–Crippen MR) is 72.3 cm³/mol. The minimum atomic E-state index is -0.0333. The van der Waals surface area contributed by atoms with E-state index in [1.165, 1.54) is 0 Å². The fourth-order valence-electron chi connectivity index (χ4n) is 1.56. The highest BCUT2D eigenvalue weighted by molar-refractivity contribution is 7.11. The zero-order valence-corrected chi connectivity index (χ0v) is 10.9. The molecule has 0 aromatic carbocycles. The van der Waals surface area contributed by atoms with E-state index in [1.807, 2.05) is 35.0 Å². The van der Waals surface area contributed by atoms with Gasteiger partial charge in [-0.25, -0.2) is 0 Å². The highest BCUT2D eigenvalue weighted by Crippen LogP contribution is 2.29. The highest BCUT2D eigenvalue weighted by Gasteiger charge is 2.18. The number of nitrogens with one attached hydrogen (secondary N) is 1. The van der Waals surface area contributed by atoms with Crippen molar-refractivity contribution in [3.63, 3.8) is 0 Å². The number of hydrogen-bond acceptors (Lipinski definition) is 4. The zero-order chi connectivity index (χ0) is 12.1. The summed E-state index contributed by atoms with van der Waals surface area (Å²) in [7, 11) is 0. The molecule has 0 atom stereocenters.